The van der Waals surface area contributed by atoms with Gasteiger partial charge >= 0.3 is 0 Å². The minimum absolute atomic E-state index is 0.311. The zero-order valence-corrected chi connectivity index (χ0v) is 11.2. The molecule has 0 aliphatic carbocycles. The summed E-state index contributed by atoms with van der Waals surface area (Å²) in [6.45, 7) is 1.63. The standard InChI is InChI=1S/C15H15FN2O2/c1-9-7-10(3-5-13(9)16)18-15(19)12-8-11(20-2)4-6-14(12)17/h3-8H,17H2,1-2H3,(H,18,19). The van der Waals surface area contributed by atoms with Gasteiger partial charge in [-0.3, -0.25) is 4.79 Å². The number of benzene rings is 2. The Balaban J connectivity index is 2.25. The molecule has 0 unspecified atom stereocenters. The molecule has 0 saturated heterocycles. The Hall–Kier alpha value is -2.56. The van der Waals surface area contributed by atoms with E-state index in [0.29, 0.717) is 28.3 Å². The van der Waals surface area contributed by atoms with E-state index in [1.165, 1.54) is 19.2 Å². The van der Waals surface area contributed by atoms with Crippen LogP contribution in [0.5, 0.6) is 5.75 Å². The molecule has 2 aromatic rings. The molecular weight excluding hydrogens is 259 g/mol. The maximum absolute atomic E-state index is 13.2. The first-order valence-corrected chi connectivity index (χ1v) is 6.02. The molecule has 2 aromatic carbocycles. The lowest BCUT2D eigenvalue weighted by Crippen LogP contribution is -2.14. The van der Waals surface area contributed by atoms with Gasteiger partial charge in [-0.1, -0.05) is 0 Å². The average Bonchev–Trinajstić information content (AvgIpc) is 2.43. The van der Waals surface area contributed by atoms with Gasteiger partial charge in [0.2, 0.25) is 0 Å². The molecule has 0 heterocycles. The lowest BCUT2D eigenvalue weighted by Gasteiger charge is -2.10. The summed E-state index contributed by atoms with van der Waals surface area (Å²) in [5.41, 5.74) is 7.41. The monoisotopic (exact) mass is 274 g/mol. The number of halogens is 1. The molecule has 0 bridgehead atoms. The molecule has 0 radical (unpaired) electrons. The number of aryl methyl sites for hydroxylation is 1. The van der Waals surface area contributed by atoms with Crippen LogP contribution in [0.1, 0.15) is 15.9 Å². The van der Waals surface area contributed by atoms with Crippen LogP contribution < -0.4 is 15.8 Å². The van der Waals surface area contributed by atoms with E-state index >= 15 is 0 Å². The highest BCUT2D eigenvalue weighted by atomic mass is 19.1. The highest BCUT2D eigenvalue weighted by Gasteiger charge is 2.12. The van der Waals surface area contributed by atoms with Crippen molar-refractivity contribution in [3.63, 3.8) is 0 Å². The molecule has 4 nitrogen and oxygen atoms in total. The van der Waals surface area contributed by atoms with Crippen LogP contribution in [-0.4, -0.2) is 13.0 Å². The summed E-state index contributed by atoms with van der Waals surface area (Å²) in [7, 11) is 1.51. The van der Waals surface area contributed by atoms with Gasteiger partial charge in [0.05, 0.1) is 12.7 Å². The third-order valence-electron chi connectivity index (χ3n) is 2.92. The number of rotatable bonds is 3. The Bertz CT molecular complexity index is 656. The molecule has 0 aliphatic rings. The predicted octanol–water partition coefficient (Wildman–Crippen LogP) is 2.98. The minimum atomic E-state index is -0.368. The second-order valence-corrected chi connectivity index (χ2v) is 4.37. The van der Waals surface area contributed by atoms with Crippen LogP contribution in [0.2, 0.25) is 0 Å². The summed E-state index contributed by atoms with van der Waals surface area (Å²) in [5.74, 6) is -0.143. The average molecular weight is 274 g/mol. The Morgan fingerprint density at radius 1 is 1.25 bits per heavy atom. The van der Waals surface area contributed by atoms with Crippen molar-refractivity contribution in [2.24, 2.45) is 0 Å². The van der Waals surface area contributed by atoms with Crippen molar-refractivity contribution >= 4 is 17.3 Å². The highest BCUT2D eigenvalue weighted by Crippen LogP contribution is 2.21. The second-order valence-electron chi connectivity index (χ2n) is 4.37. The quantitative estimate of drug-likeness (QED) is 0.846. The van der Waals surface area contributed by atoms with Crippen LogP contribution in [0.25, 0.3) is 0 Å². The number of hydrogen-bond donors (Lipinski definition) is 2. The molecule has 3 N–H and O–H groups in total. The largest absolute Gasteiger partial charge is 0.497 e. The minimum Gasteiger partial charge on any atom is -0.497 e. The first-order chi connectivity index (χ1) is 9.51. The van der Waals surface area contributed by atoms with Crippen molar-refractivity contribution in [1.29, 1.82) is 0 Å². The van der Waals surface area contributed by atoms with E-state index in [4.69, 9.17) is 10.5 Å². The van der Waals surface area contributed by atoms with E-state index in [0.717, 1.165) is 0 Å². The summed E-state index contributed by atoms with van der Waals surface area (Å²) in [6, 6.07) is 9.19. The normalized spacial score (nSPS) is 10.2. The molecule has 2 rings (SSSR count). The fourth-order valence-corrected chi connectivity index (χ4v) is 1.78. The van der Waals surface area contributed by atoms with Crippen LogP contribution >= 0.6 is 0 Å². The molecule has 0 spiro atoms. The molecule has 0 fully saturated rings. The lowest BCUT2D eigenvalue weighted by molar-refractivity contribution is 0.102. The molecule has 0 saturated carbocycles. The Morgan fingerprint density at radius 2 is 2.00 bits per heavy atom. The summed E-state index contributed by atoms with van der Waals surface area (Å²) in [4.78, 5) is 12.2. The van der Waals surface area contributed by atoms with Crippen LogP contribution in [0.4, 0.5) is 15.8 Å². The van der Waals surface area contributed by atoms with Gasteiger partial charge in [-0.2, -0.15) is 0 Å². The van der Waals surface area contributed by atoms with Crippen LogP contribution in [-0.2, 0) is 0 Å². The molecule has 0 aliphatic heterocycles. The van der Waals surface area contributed by atoms with Crippen molar-refractivity contribution in [3.05, 3.63) is 53.3 Å². The maximum atomic E-state index is 13.2. The maximum Gasteiger partial charge on any atom is 0.257 e. The van der Waals surface area contributed by atoms with Gasteiger partial charge in [0.25, 0.3) is 5.91 Å². The zero-order chi connectivity index (χ0) is 14.7. The molecule has 5 heteroatoms. The summed E-state index contributed by atoms with van der Waals surface area (Å²) in [6.07, 6.45) is 0. The number of methoxy groups -OCH3 is 1. The Labute approximate surface area is 116 Å². The number of nitrogen functional groups attached to an aromatic ring is 1. The summed E-state index contributed by atoms with van der Waals surface area (Å²) < 4.78 is 18.2. The van der Waals surface area contributed by atoms with E-state index in [9.17, 15) is 9.18 Å². The van der Waals surface area contributed by atoms with Crippen molar-refractivity contribution in [1.82, 2.24) is 0 Å². The van der Waals surface area contributed by atoms with Gasteiger partial charge in [-0.15, -0.1) is 0 Å². The van der Waals surface area contributed by atoms with Crippen molar-refractivity contribution < 1.29 is 13.9 Å². The molecule has 104 valence electrons. The smallest absolute Gasteiger partial charge is 0.257 e. The number of carbonyl (C=O) groups excluding carboxylic acids is 1. The van der Waals surface area contributed by atoms with Crippen molar-refractivity contribution in [2.45, 2.75) is 6.92 Å². The molecule has 20 heavy (non-hydrogen) atoms. The number of nitrogens with one attached hydrogen (secondary N) is 1. The number of amides is 1. The molecule has 0 aromatic heterocycles. The van der Waals surface area contributed by atoms with Crippen LogP contribution in [0, 0.1) is 12.7 Å². The SMILES string of the molecule is COc1ccc(N)c(C(=O)Nc2ccc(F)c(C)c2)c1. The molecule has 1 amide bonds. The van der Waals surface area contributed by atoms with Crippen LogP contribution in [0.15, 0.2) is 36.4 Å². The topological polar surface area (TPSA) is 64.3 Å². The van der Waals surface area contributed by atoms with E-state index in [1.54, 1.807) is 31.2 Å². The Kier molecular flexibility index (Phi) is 3.89. The van der Waals surface area contributed by atoms with E-state index < -0.39 is 0 Å². The highest BCUT2D eigenvalue weighted by molar-refractivity contribution is 6.08. The fraction of sp³-hybridized carbons (Fsp3) is 0.133. The lowest BCUT2D eigenvalue weighted by atomic mass is 10.1. The van der Waals surface area contributed by atoms with Gasteiger partial charge in [0.1, 0.15) is 11.6 Å². The number of anilines is 2. The molecule has 0 atom stereocenters. The van der Waals surface area contributed by atoms with Gasteiger partial charge in [0, 0.05) is 11.4 Å². The third kappa shape index (κ3) is 2.88. The molecular formula is C15H15FN2O2. The first kappa shape index (κ1) is 13.9. The predicted molar refractivity (Wildman–Crippen MR) is 76.5 cm³/mol. The van der Waals surface area contributed by atoms with Gasteiger partial charge in [-0.25, -0.2) is 4.39 Å². The van der Waals surface area contributed by atoms with Crippen molar-refractivity contribution in [3.8, 4) is 5.75 Å². The fourth-order valence-electron chi connectivity index (χ4n) is 1.78. The summed E-state index contributed by atoms with van der Waals surface area (Å²) in [5, 5.41) is 2.68. The number of carbonyl (C=O) groups is 1. The van der Waals surface area contributed by atoms with E-state index in [1.807, 2.05) is 0 Å². The summed E-state index contributed by atoms with van der Waals surface area (Å²) >= 11 is 0. The third-order valence-corrected chi connectivity index (χ3v) is 2.92. The number of ether oxygens (including phenoxy) is 1. The van der Waals surface area contributed by atoms with Gasteiger partial charge in [-0.05, 0) is 48.9 Å². The van der Waals surface area contributed by atoms with Crippen LogP contribution in [0.3, 0.4) is 0 Å². The number of nitrogens with two attached hydrogens (primary N) is 1. The first-order valence-electron chi connectivity index (χ1n) is 6.02. The Morgan fingerprint density at radius 3 is 2.65 bits per heavy atom. The van der Waals surface area contributed by atoms with Gasteiger partial charge < -0.3 is 15.8 Å². The number of hydrogen-bond acceptors (Lipinski definition) is 3. The van der Waals surface area contributed by atoms with E-state index in [-0.39, 0.29) is 11.7 Å². The zero-order valence-electron chi connectivity index (χ0n) is 11.2. The second kappa shape index (κ2) is 5.61. The van der Waals surface area contributed by atoms with E-state index in [2.05, 4.69) is 5.32 Å². The van der Waals surface area contributed by atoms with Crippen molar-refractivity contribution in [2.75, 3.05) is 18.2 Å². The van der Waals surface area contributed by atoms with Gasteiger partial charge in [0.15, 0.2) is 0 Å².